The summed E-state index contributed by atoms with van der Waals surface area (Å²) in [6, 6.07) is 18.0. The van der Waals surface area contributed by atoms with E-state index in [0.717, 1.165) is 55.9 Å². The van der Waals surface area contributed by atoms with Crippen LogP contribution in [0.5, 0.6) is 5.75 Å². The van der Waals surface area contributed by atoms with Crippen molar-refractivity contribution < 1.29 is 9.53 Å². The van der Waals surface area contributed by atoms with Crippen molar-refractivity contribution in [2.24, 2.45) is 7.05 Å². The molecule has 0 unspecified atom stereocenters. The molecule has 6 nitrogen and oxygen atoms in total. The summed E-state index contributed by atoms with van der Waals surface area (Å²) in [7, 11) is 1.89. The number of ether oxygens (including phenoxy) is 1. The van der Waals surface area contributed by atoms with Gasteiger partial charge in [0.1, 0.15) is 11.9 Å². The Kier molecular flexibility index (Phi) is 7.45. The lowest BCUT2D eigenvalue weighted by Crippen LogP contribution is -2.39. The summed E-state index contributed by atoms with van der Waals surface area (Å²) in [6.45, 7) is 7.15. The van der Waals surface area contributed by atoms with Gasteiger partial charge in [0.05, 0.1) is 11.7 Å². The first-order chi connectivity index (χ1) is 16.0. The van der Waals surface area contributed by atoms with E-state index in [4.69, 9.17) is 4.74 Å². The molecule has 1 atom stereocenters. The van der Waals surface area contributed by atoms with Crippen LogP contribution in [0.15, 0.2) is 60.8 Å². The largest absolute Gasteiger partial charge is 0.490 e. The molecule has 2 aromatic carbocycles. The quantitative estimate of drug-likeness (QED) is 0.560. The van der Waals surface area contributed by atoms with Crippen molar-refractivity contribution in [1.82, 2.24) is 20.0 Å². The van der Waals surface area contributed by atoms with Crippen molar-refractivity contribution in [2.75, 3.05) is 19.6 Å². The Morgan fingerprint density at radius 3 is 2.45 bits per heavy atom. The number of carbonyl (C=O) groups excluding carboxylic acids is 1. The second-order valence-corrected chi connectivity index (χ2v) is 8.96. The Morgan fingerprint density at radius 2 is 1.82 bits per heavy atom. The lowest BCUT2D eigenvalue weighted by atomic mass is 10.1. The first-order valence-corrected chi connectivity index (χ1v) is 11.8. The molecule has 0 bridgehead atoms. The summed E-state index contributed by atoms with van der Waals surface area (Å²) in [5.74, 6) is 0.731. The minimum atomic E-state index is -0.103. The predicted octanol–water partition coefficient (Wildman–Crippen LogP) is 4.31. The zero-order chi connectivity index (χ0) is 23.2. The van der Waals surface area contributed by atoms with E-state index in [1.54, 1.807) is 4.68 Å². The molecule has 1 aliphatic heterocycles. The molecule has 174 valence electrons. The van der Waals surface area contributed by atoms with Crippen LogP contribution in [0.1, 0.15) is 53.0 Å². The number of amides is 1. The van der Waals surface area contributed by atoms with Crippen molar-refractivity contribution in [3.63, 3.8) is 0 Å². The summed E-state index contributed by atoms with van der Waals surface area (Å²) >= 11 is 0. The van der Waals surface area contributed by atoms with E-state index in [0.29, 0.717) is 5.56 Å². The lowest BCUT2D eigenvalue weighted by Gasteiger charge is -2.32. The van der Waals surface area contributed by atoms with Gasteiger partial charge in [-0.25, -0.2) is 0 Å². The molecule has 0 saturated carbocycles. The van der Waals surface area contributed by atoms with Gasteiger partial charge >= 0.3 is 0 Å². The van der Waals surface area contributed by atoms with E-state index in [2.05, 4.69) is 45.6 Å². The van der Waals surface area contributed by atoms with Gasteiger partial charge in [-0.15, -0.1) is 0 Å². The van der Waals surface area contributed by atoms with Crippen LogP contribution in [0.4, 0.5) is 0 Å². The molecule has 1 amide bonds. The van der Waals surface area contributed by atoms with Gasteiger partial charge in [0.25, 0.3) is 5.91 Å². The summed E-state index contributed by atoms with van der Waals surface area (Å²) in [5, 5.41) is 7.41. The standard InChI is InChI=1S/C27H34N4O2/c1-20(26-19-30(3)29-21(26)2)28-27(32)23-9-11-24(12-10-23)33-25-14-17-31(18-15-25)16-13-22-7-5-4-6-8-22/h4-12,19-20,25H,13-18H2,1-3H3,(H,28,32)/t20-/m0/s1. The highest BCUT2D eigenvalue weighted by atomic mass is 16.5. The Bertz CT molecular complexity index is 1040. The highest BCUT2D eigenvalue weighted by molar-refractivity contribution is 5.94. The SMILES string of the molecule is Cc1nn(C)cc1[C@H](C)NC(=O)c1ccc(OC2CCN(CCc3ccccc3)CC2)cc1. The van der Waals surface area contributed by atoms with E-state index in [1.807, 2.05) is 51.4 Å². The predicted molar refractivity (Wildman–Crippen MR) is 131 cm³/mol. The maximum Gasteiger partial charge on any atom is 0.251 e. The number of nitrogens with one attached hydrogen (secondary N) is 1. The van der Waals surface area contributed by atoms with Gasteiger partial charge < -0.3 is 15.0 Å². The Hall–Kier alpha value is -3.12. The number of nitrogens with zero attached hydrogens (tertiary/aromatic N) is 3. The molecule has 1 saturated heterocycles. The van der Waals surface area contributed by atoms with Gasteiger partial charge in [0.15, 0.2) is 0 Å². The molecule has 1 aliphatic rings. The van der Waals surface area contributed by atoms with Crippen LogP contribution < -0.4 is 10.1 Å². The molecule has 2 heterocycles. The molecule has 3 aromatic rings. The molecule has 0 radical (unpaired) electrons. The third-order valence-electron chi connectivity index (χ3n) is 6.38. The number of piperidine rings is 1. The fourth-order valence-electron chi connectivity index (χ4n) is 4.46. The number of rotatable bonds is 8. The third-order valence-corrected chi connectivity index (χ3v) is 6.38. The number of aryl methyl sites for hydroxylation is 2. The molecule has 1 fully saturated rings. The molecule has 1 aromatic heterocycles. The highest BCUT2D eigenvalue weighted by Gasteiger charge is 2.21. The second-order valence-electron chi connectivity index (χ2n) is 8.96. The van der Waals surface area contributed by atoms with Crippen molar-refractivity contribution in [3.05, 3.63) is 83.2 Å². The van der Waals surface area contributed by atoms with Crippen molar-refractivity contribution in [3.8, 4) is 5.75 Å². The van der Waals surface area contributed by atoms with Crippen molar-refractivity contribution in [2.45, 2.75) is 45.3 Å². The Labute approximate surface area is 196 Å². The van der Waals surface area contributed by atoms with Gasteiger partial charge in [-0.1, -0.05) is 30.3 Å². The molecular weight excluding hydrogens is 412 g/mol. The third kappa shape index (κ3) is 6.23. The smallest absolute Gasteiger partial charge is 0.251 e. The first-order valence-electron chi connectivity index (χ1n) is 11.8. The van der Waals surface area contributed by atoms with Gasteiger partial charge in [-0.05, 0) is 62.9 Å². The van der Waals surface area contributed by atoms with Gasteiger partial charge in [0, 0.05) is 44.0 Å². The summed E-state index contributed by atoms with van der Waals surface area (Å²) in [5.41, 5.74) is 3.98. The van der Waals surface area contributed by atoms with Crippen LogP contribution in [0.25, 0.3) is 0 Å². The summed E-state index contributed by atoms with van der Waals surface area (Å²) < 4.78 is 7.97. The van der Waals surface area contributed by atoms with Gasteiger partial charge in [-0.2, -0.15) is 5.10 Å². The molecule has 0 aliphatic carbocycles. The van der Waals surface area contributed by atoms with Crippen molar-refractivity contribution >= 4 is 5.91 Å². The number of hydrogen-bond donors (Lipinski definition) is 1. The number of carbonyl (C=O) groups is 1. The maximum atomic E-state index is 12.7. The monoisotopic (exact) mass is 446 g/mol. The van der Waals surface area contributed by atoms with E-state index in [-0.39, 0.29) is 18.1 Å². The van der Waals surface area contributed by atoms with E-state index in [9.17, 15) is 4.79 Å². The first kappa shape index (κ1) is 23.1. The number of benzene rings is 2. The van der Waals surface area contributed by atoms with Crippen LogP contribution in [-0.2, 0) is 13.5 Å². The zero-order valence-electron chi connectivity index (χ0n) is 19.8. The normalized spacial score (nSPS) is 15.8. The summed E-state index contributed by atoms with van der Waals surface area (Å²) in [4.78, 5) is 15.2. The van der Waals surface area contributed by atoms with Crippen molar-refractivity contribution in [1.29, 1.82) is 0 Å². The topological polar surface area (TPSA) is 59.4 Å². The van der Waals surface area contributed by atoms with Crippen LogP contribution in [0.3, 0.4) is 0 Å². The summed E-state index contributed by atoms with van der Waals surface area (Å²) in [6.07, 6.45) is 5.32. The zero-order valence-corrected chi connectivity index (χ0v) is 19.8. The molecule has 1 N–H and O–H groups in total. The average Bonchev–Trinajstić information content (AvgIpc) is 3.17. The minimum absolute atomic E-state index is 0.0935. The second kappa shape index (κ2) is 10.7. The van der Waals surface area contributed by atoms with Crippen LogP contribution in [0.2, 0.25) is 0 Å². The van der Waals surface area contributed by atoms with Crippen LogP contribution in [-0.4, -0.2) is 46.3 Å². The molecule has 4 rings (SSSR count). The molecule has 0 spiro atoms. The number of aromatic nitrogens is 2. The van der Waals surface area contributed by atoms with E-state index >= 15 is 0 Å². The number of hydrogen-bond acceptors (Lipinski definition) is 4. The lowest BCUT2D eigenvalue weighted by molar-refractivity contribution is 0.0939. The van der Waals surface area contributed by atoms with E-state index in [1.165, 1.54) is 5.56 Å². The fraction of sp³-hybridized carbons (Fsp3) is 0.407. The average molecular weight is 447 g/mol. The molecule has 6 heteroatoms. The molecular formula is C27H34N4O2. The minimum Gasteiger partial charge on any atom is -0.490 e. The van der Waals surface area contributed by atoms with Gasteiger partial charge in [0.2, 0.25) is 0 Å². The van der Waals surface area contributed by atoms with E-state index < -0.39 is 0 Å². The van der Waals surface area contributed by atoms with Gasteiger partial charge in [-0.3, -0.25) is 9.48 Å². The maximum absolute atomic E-state index is 12.7. The molecule has 33 heavy (non-hydrogen) atoms. The van der Waals surface area contributed by atoms with Crippen LogP contribution >= 0.6 is 0 Å². The Balaban J connectivity index is 1.22. The Morgan fingerprint density at radius 1 is 1.12 bits per heavy atom. The number of likely N-dealkylation sites (tertiary alicyclic amines) is 1. The fourth-order valence-corrected chi connectivity index (χ4v) is 4.46. The van der Waals surface area contributed by atoms with Crippen LogP contribution in [0, 0.1) is 6.92 Å². The highest BCUT2D eigenvalue weighted by Crippen LogP contribution is 2.21.